The number of hydrogen-bond acceptors (Lipinski definition) is 0. The normalized spacial score (nSPS) is 8.47. The molecule has 0 saturated carbocycles. The molecule has 0 N–H and O–H groups in total. The third-order valence-electron chi connectivity index (χ3n) is 0.667. The quantitative estimate of drug-likeness (QED) is 0.479. The van der Waals surface area contributed by atoms with E-state index in [-0.39, 0.29) is 0 Å². The molecule has 0 aliphatic carbocycles. The highest BCUT2D eigenvalue weighted by atomic mass is 14.0. The fraction of sp³-hybridized carbons (Fsp3) is 0.647. The lowest BCUT2D eigenvalue weighted by Gasteiger charge is -2.05. The number of rotatable bonds is 0. The Morgan fingerprint density at radius 3 is 0.647 bits per heavy atom. The summed E-state index contributed by atoms with van der Waals surface area (Å²) in [4.78, 5) is 0. The van der Waals surface area contributed by atoms with Gasteiger partial charge in [-0.05, 0) is 5.41 Å². The van der Waals surface area contributed by atoms with Crippen LogP contribution in [0.1, 0.15) is 68.2 Å². The monoisotopic (exact) mass is 238 g/mol. The molecule has 1 aromatic rings. The third kappa shape index (κ3) is 97.6. The van der Waals surface area contributed by atoms with Crippen LogP contribution in [0.3, 0.4) is 0 Å². The Balaban J connectivity index is -0.000000163. The molecule has 0 bridgehead atoms. The van der Waals surface area contributed by atoms with Crippen LogP contribution in [0, 0.1) is 5.41 Å². The zero-order valence-corrected chi connectivity index (χ0v) is 13.4. The highest BCUT2D eigenvalue weighted by Crippen LogP contribution is 2.08. The molecule has 1 rings (SSSR count). The predicted molar refractivity (Wildman–Crippen MR) is 83.5 cm³/mol. The Kier molecular flexibility index (Phi) is 22.3. The second kappa shape index (κ2) is 17.6. The predicted octanol–water partition coefficient (Wildman–Crippen LogP) is 6.57. The molecule has 0 radical (unpaired) electrons. The lowest BCUT2D eigenvalue weighted by molar-refractivity contribution is 0.469. The molecule has 0 spiro atoms. The van der Waals surface area contributed by atoms with E-state index in [0.29, 0.717) is 5.41 Å². The molecule has 0 unspecified atom stereocenters. The molecule has 102 valence electrons. The Morgan fingerprint density at radius 2 is 0.588 bits per heavy atom. The first-order valence-electron chi connectivity index (χ1n) is 6.83. The number of hydrogen-bond donors (Lipinski definition) is 0. The van der Waals surface area contributed by atoms with Crippen molar-refractivity contribution in [2.24, 2.45) is 5.41 Å². The average molecular weight is 238 g/mol. The van der Waals surface area contributed by atoms with Gasteiger partial charge in [-0.1, -0.05) is 105 Å². The molecule has 0 aromatic heterocycles. The molecule has 0 fully saturated rings. The van der Waals surface area contributed by atoms with E-state index in [1.165, 1.54) is 12.8 Å². The van der Waals surface area contributed by atoms with Gasteiger partial charge in [0.2, 0.25) is 0 Å². The smallest absolute Gasteiger partial charge is 0.0411 e. The Hall–Kier alpha value is -0.780. The van der Waals surface area contributed by atoms with E-state index >= 15 is 0 Å². The van der Waals surface area contributed by atoms with Crippen molar-refractivity contribution >= 4 is 0 Å². The molecular weight excluding hydrogens is 204 g/mol. The van der Waals surface area contributed by atoms with Crippen molar-refractivity contribution in [1.29, 1.82) is 0 Å². The van der Waals surface area contributed by atoms with Gasteiger partial charge >= 0.3 is 0 Å². The van der Waals surface area contributed by atoms with Gasteiger partial charge in [-0.3, -0.25) is 0 Å². The Bertz CT molecular complexity index is 146. The van der Waals surface area contributed by atoms with Crippen molar-refractivity contribution in [2.45, 2.75) is 68.2 Å². The van der Waals surface area contributed by atoms with Gasteiger partial charge < -0.3 is 0 Å². The van der Waals surface area contributed by atoms with Gasteiger partial charge in [-0.2, -0.15) is 0 Å². The van der Waals surface area contributed by atoms with E-state index in [9.17, 15) is 0 Å². The second-order valence-corrected chi connectivity index (χ2v) is 5.57. The topological polar surface area (TPSA) is 0 Å². The van der Waals surface area contributed by atoms with Crippen molar-refractivity contribution in [3.8, 4) is 0 Å². The minimum Gasteiger partial charge on any atom is -0.0656 e. The van der Waals surface area contributed by atoms with Crippen LogP contribution in [0.15, 0.2) is 36.4 Å². The summed E-state index contributed by atoms with van der Waals surface area (Å²) in [6.45, 7) is 17.2. The van der Waals surface area contributed by atoms with Crippen molar-refractivity contribution in [3.05, 3.63) is 36.4 Å². The molecule has 1 aromatic carbocycles. The molecular formula is C17H34. The van der Waals surface area contributed by atoms with Crippen LogP contribution in [0.5, 0.6) is 0 Å². The summed E-state index contributed by atoms with van der Waals surface area (Å²) in [5.74, 6) is 0. The molecule has 0 heterocycles. The summed E-state index contributed by atoms with van der Waals surface area (Å²) >= 11 is 0. The van der Waals surface area contributed by atoms with Crippen molar-refractivity contribution in [3.63, 3.8) is 0 Å². The van der Waals surface area contributed by atoms with Crippen molar-refractivity contribution in [1.82, 2.24) is 0 Å². The fourth-order valence-electron chi connectivity index (χ4n) is 0.385. The fourth-order valence-corrected chi connectivity index (χ4v) is 0.385. The highest BCUT2D eigenvalue weighted by Gasteiger charge is 1.95. The van der Waals surface area contributed by atoms with E-state index < -0.39 is 0 Å². The lowest BCUT2D eigenvalue weighted by atomic mass is 10.0. The first-order chi connectivity index (χ1) is 7.83. The first kappa shape index (κ1) is 21.5. The molecule has 0 nitrogen and oxygen atoms in total. The van der Waals surface area contributed by atoms with E-state index in [0.717, 1.165) is 0 Å². The Labute approximate surface area is 110 Å². The molecule has 0 heteroatoms. The highest BCUT2D eigenvalue weighted by molar-refractivity contribution is 4.99. The van der Waals surface area contributed by atoms with Crippen LogP contribution in [0.2, 0.25) is 0 Å². The van der Waals surface area contributed by atoms with Crippen molar-refractivity contribution < 1.29 is 0 Å². The minimum atomic E-state index is 0.500. The third-order valence-corrected chi connectivity index (χ3v) is 0.667. The summed E-state index contributed by atoms with van der Waals surface area (Å²) in [5, 5.41) is 0. The maximum atomic E-state index is 2.19. The maximum absolute atomic E-state index is 2.19. The maximum Gasteiger partial charge on any atom is -0.0411 e. The summed E-state index contributed by atoms with van der Waals surface area (Å²) in [5.41, 5.74) is 0.500. The molecule has 0 atom stereocenters. The van der Waals surface area contributed by atoms with Gasteiger partial charge in [0.05, 0.1) is 0 Å². The molecule has 0 saturated heterocycles. The van der Waals surface area contributed by atoms with Crippen LogP contribution in [-0.4, -0.2) is 0 Å². The largest absolute Gasteiger partial charge is 0.0656 e. The van der Waals surface area contributed by atoms with Gasteiger partial charge in [0.25, 0.3) is 0 Å². The van der Waals surface area contributed by atoms with Gasteiger partial charge in [0, 0.05) is 0 Å². The molecule has 17 heavy (non-hydrogen) atoms. The van der Waals surface area contributed by atoms with Crippen LogP contribution >= 0.6 is 0 Å². The Morgan fingerprint density at radius 1 is 0.529 bits per heavy atom. The SMILES string of the molecule is CC(C)(C)C.CCC.CCC.c1ccccc1. The lowest BCUT2D eigenvalue weighted by Crippen LogP contribution is -1.93. The zero-order valence-electron chi connectivity index (χ0n) is 13.4. The van der Waals surface area contributed by atoms with Crippen LogP contribution in [-0.2, 0) is 0 Å². The zero-order chi connectivity index (χ0) is 14.2. The van der Waals surface area contributed by atoms with Gasteiger partial charge in [0.15, 0.2) is 0 Å². The number of benzene rings is 1. The van der Waals surface area contributed by atoms with Crippen LogP contribution in [0.25, 0.3) is 0 Å². The average Bonchev–Trinajstić information content (AvgIpc) is 2.20. The standard InChI is InChI=1S/C6H6.C5H12.2C3H8/c1-2-4-6-5-3-1;1-5(2,3)4;2*1-3-2/h1-6H;1-4H3;2*3H2,1-2H3. The van der Waals surface area contributed by atoms with Crippen LogP contribution < -0.4 is 0 Å². The summed E-state index contributed by atoms with van der Waals surface area (Å²) in [6, 6.07) is 12.0. The van der Waals surface area contributed by atoms with E-state index in [1.807, 2.05) is 36.4 Å². The minimum absolute atomic E-state index is 0.500. The van der Waals surface area contributed by atoms with E-state index in [2.05, 4.69) is 55.4 Å². The van der Waals surface area contributed by atoms with Gasteiger partial charge in [-0.25, -0.2) is 0 Å². The van der Waals surface area contributed by atoms with E-state index in [4.69, 9.17) is 0 Å². The van der Waals surface area contributed by atoms with Crippen LogP contribution in [0.4, 0.5) is 0 Å². The van der Waals surface area contributed by atoms with Gasteiger partial charge in [0.1, 0.15) is 0 Å². The molecule has 0 aliphatic heterocycles. The molecule has 0 amide bonds. The summed E-state index contributed by atoms with van der Waals surface area (Å²) in [6.07, 6.45) is 2.50. The van der Waals surface area contributed by atoms with Gasteiger partial charge in [-0.15, -0.1) is 0 Å². The summed E-state index contributed by atoms with van der Waals surface area (Å²) in [7, 11) is 0. The van der Waals surface area contributed by atoms with Crippen molar-refractivity contribution in [2.75, 3.05) is 0 Å². The van der Waals surface area contributed by atoms with E-state index in [1.54, 1.807) is 0 Å². The first-order valence-corrected chi connectivity index (χ1v) is 6.83. The molecule has 0 aliphatic rings. The summed E-state index contributed by atoms with van der Waals surface area (Å²) < 4.78 is 0. The second-order valence-electron chi connectivity index (χ2n) is 5.57.